The van der Waals surface area contributed by atoms with Gasteiger partial charge in [-0.2, -0.15) is 9.61 Å². The Kier molecular flexibility index (Phi) is 3.29. The monoisotopic (exact) mass is 277 g/mol. The van der Waals surface area contributed by atoms with Crippen molar-refractivity contribution in [3.05, 3.63) is 23.5 Å². The van der Waals surface area contributed by atoms with Gasteiger partial charge in [-0.1, -0.05) is 17.4 Å². The van der Waals surface area contributed by atoms with Gasteiger partial charge < -0.3 is 5.32 Å². The zero-order valence-electron chi connectivity index (χ0n) is 10.5. The third-order valence-electron chi connectivity index (χ3n) is 3.01. The van der Waals surface area contributed by atoms with E-state index < -0.39 is 0 Å². The number of carbonyl (C=O) groups excluding carboxylic acids is 1. The highest BCUT2D eigenvalue weighted by Crippen LogP contribution is 2.39. The van der Waals surface area contributed by atoms with Crippen LogP contribution in [0.4, 0.5) is 0 Å². The lowest BCUT2D eigenvalue weighted by atomic mass is 10.3. The van der Waals surface area contributed by atoms with Crippen LogP contribution in [0.2, 0.25) is 0 Å². The van der Waals surface area contributed by atoms with Gasteiger partial charge >= 0.3 is 0 Å². The number of hydrogen-bond acceptors (Lipinski definition) is 5. The number of nitrogens with one attached hydrogen (secondary N) is 1. The summed E-state index contributed by atoms with van der Waals surface area (Å²) in [6.07, 6.45) is 5.11. The number of rotatable bonds is 6. The predicted molar refractivity (Wildman–Crippen MR) is 72.2 cm³/mol. The zero-order valence-corrected chi connectivity index (χ0v) is 11.3. The van der Waals surface area contributed by atoms with Crippen LogP contribution in [-0.4, -0.2) is 32.3 Å². The summed E-state index contributed by atoms with van der Waals surface area (Å²) in [5.41, 5.74) is 0. The minimum atomic E-state index is 0.0216. The minimum absolute atomic E-state index is 0.0216. The van der Waals surface area contributed by atoms with Crippen LogP contribution in [0.25, 0.3) is 4.96 Å². The Morgan fingerprint density at radius 2 is 2.37 bits per heavy atom. The van der Waals surface area contributed by atoms with E-state index in [-0.39, 0.29) is 5.91 Å². The second-order valence-electron chi connectivity index (χ2n) is 4.62. The summed E-state index contributed by atoms with van der Waals surface area (Å²) < 4.78 is 1.83. The maximum absolute atomic E-state index is 11.5. The van der Waals surface area contributed by atoms with Crippen LogP contribution in [0.3, 0.4) is 0 Å². The molecule has 19 heavy (non-hydrogen) atoms. The molecule has 0 bridgehead atoms. The van der Waals surface area contributed by atoms with E-state index >= 15 is 0 Å². The van der Waals surface area contributed by atoms with Gasteiger partial charge in [0.05, 0.1) is 0 Å². The molecule has 0 atom stereocenters. The van der Waals surface area contributed by atoms with Gasteiger partial charge in [0, 0.05) is 25.3 Å². The number of nitrogens with zero attached hydrogens (tertiary/aromatic N) is 4. The highest BCUT2D eigenvalue weighted by atomic mass is 32.1. The number of hydrogen-bond donors (Lipinski definition) is 1. The van der Waals surface area contributed by atoms with Gasteiger partial charge in [0.15, 0.2) is 5.82 Å². The van der Waals surface area contributed by atoms with Gasteiger partial charge in [-0.25, -0.2) is 0 Å². The van der Waals surface area contributed by atoms with E-state index in [1.807, 2.05) is 4.52 Å². The third kappa shape index (κ3) is 2.65. The van der Waals surface area contributed by atoms with Crippen molar-refractivity contribution in [2.45, 2.75) is 31.6 Å². The summed E-state index contributed by atoms with van der Waals surface area (Å²) in [5.74, 6) is 1.52. The van der Waals surface area contributed by atoms with Crippen LogP contribution in [0.5, 0.6) is 0 Å². The fraction of sp³-hybridized carbons (Fsp3) is 0.500. The average molecular weight is 277 g/mol. The van der Waals surface area contributed by atoms with E-state index in [4.69, 9.17) is 0 Å². The normalized spacial score (nSPS) is 14.7. The Bertz CT molecular complexity index is 613. The van der Waals surface area contributed by atoms with Crippen LogP contribution in [-0.2, 0) is 11.2 Å². The Balaban J connectivity index is 1.65. The van der Waals surface area contributed by atoms with Gasteiger partial charge in [-0.3, -0.25) is 4.79 Å². The molecule has 0 radical (unpaired) electrons. The van der Waals surface area contributed by atoms with E-state index in [0.717, 1.165) is 15.8 Å². The molecule has 2 aromatic heterocycles. The zero-order chi connectivity index (χ0) is 13.2. The van der Waals surface area contributed by atoms with Crippen LogP contribution < -0.4 is 5.32 Å². The number of fused-ring (bicyclic) bond motifs is 1. The first kappa shape index (κ1) is 12.3. The largest absolute Gasteiger partial charge is 0.353 e. The Morgan fingerprint density at radius 3 is 3.11 bits per heavy atom. The molecule has 1 aliphatic rings. The average Bonchev–Trinajstić information content (AvgIpc) is 3.04. The SMILES string of the molecule is C=CCNC(=O)CCc1nn2c(C3CC3)nnc2s1. The van der Waals surface area contributed by atoms with Crippen molar-refractivity contribution in [2.24, 2.45) is 0 Å². The van der Waals surface area contributed by atoms with E-state index in [1.165, 1.54) is 24.2 Å². The molecular weight excluding hydrogens is 262 g/mol. The fourth-order valence-electron chi connectivity index (χ4n) is 1.86. The molecule has 2 heterocycles. The molecular formula is C12H15N5OS. The molecule has 1 fully saturated rings. The summed E-state index contributed by atoms with van der Waals surface area (Å²) >= 11 is 1.51. The topological polar surface area (TPSA) is 72.2 Å². The molecule has 1 amide bonds. The Hall–Kier alpha value is -1.76. The molecule has 1 N–H and O–H groups in total. The smallest absolute Gasteiger partial charge is 0.234 e. The van der Waals surface area contributed by atoms with Crippen molar-refractivity contribution in [3.8, 4) is 0 Å². The Labute approximate surface area is 114 Å². The summed E-state index contributed by atoms with van der Waals surface area (Å²) in [7, 11) is 0. The third-order valence-corrected chi connectivity index (χ3v) is 3.97. The second-order valence-corrected chi connectivity index (χ2v) is 5.66. The van der Waals surface area contributed by atoms with E-state index in [1.54, 1.807) is 6.08 Å². The summed E-state index contributed by atoms with van der Waals surface area (Å²) in [5, 5.41) is 16.5. The highest BCUT2D eigenvalue weighted by molar-refractivity contribution is 7.16. The molecule has 0 aliphatic heterocycles. The molecule has 0 saturated heterocycles. The number of aryl methyl sites for hydroxylation is 1. The number of aromatic nitrogens is 4. The number of carbonyl (C=O) groups is 1. The number of amides is 1. The van der Waals surface area contributed by atoms with Crippen LogP contribution in [0.15, 0.2) is 12.7 Å². The first-order valence-corrected chi connectivity index (χ1v) is 7.18. The molecule has 100 valence electrons. The second kappa shape index (κ2) is 5.08. The van der Waals surface area contributed by atoms with Crippen molar-refractivity contribution in [1.29, 1.82) is 0 Å². The summed E-state index contributed by atoms with van der Waals surface area (Å²) in [4.78, 5) is 12.3. The van der Waals surface area contributed by atoms with Gasteiger partial charge in [-0.05, 0) is 12.8 Å². The molecule has 1 aliphatic carbocycles. The molecule has 7 heteroatoms. The summed E-state index contributed by atoms with van der Waals surface area (Å²) in [6, 6.07) is 0. The summed E-state index contributed by atoms with van der Waals surface area (Å²) in [6.45, 7) is 4.07. The van der Waals surface area contributed by atoms with Gasteiger partial charge in [0.25, 0.3) is 0 Å². The van der Waals surface area contributed by atoms with Gasteiger partial charge in [-0.15, -0.1) is 16.8 Å². The molecule has 6 nitrogen and oxygen atoms in total. The van der Waals surface area contributed by atoms with E-state index in [2.05, 4.69) is 27.2 Å². The molecule has 1 saturated carbocycles. The molecule has 0 spiro atoms. The lowest BCUT2D eigenvalue weighted by Crippen LogP contribution is -2.23. The van der Waals surface area contributed by atoms with Crippen molar-refractivity contribution in [2.75, 3.05) is 6.54 Å². The quantitative estimate of drug-likeness (QED) is 0.808. The minimum Gasteiger partial charge on any atom is -0.353 e. The maximum Gasteiger partial charge on any atom is 0.234 e. The Morgan fingerprint density at radius 1 is 1.53 bits per heavy atom. The lowest BCUT2D eigenvalue weighted by molar-refractivity contribution is -0.120. The maximum atomic E-state index is 11.5. The predicted octanol–water partition coefficient (Wildman–Crippen LogP) is 1.30. The fourth-order valence-corrected chi connectivity index (χ4v) is 2.70. The lowest BCUT2D eigenvalue weighted by Gasteiger charge is -1.99. The highest BCUT2D eigenvalue weighted by Gasteiger charge is 2.29. The standard InChI is InChI=1S/C12H15N5OS/c1-2-7-13-9(18)5-6-10-16-17-11(8-3-4-8)14-15-12(17)19-10/h2,8H,1,3-7H2,(H,13,18). The van der Waals surface area contributed by atoms with Crippen LogP contribution in [0.1, 0.15) is 36.0 Å². The van der Waals surface area contributed by atoms with Crippen LogP contribution >= 0.6 is 11.3 Å². The first-order chi connectivity index (χ1) is 9.28. The van der Waals surface area contributed by atoms with Crippen molar-refractivity contribution < 1.29 is 4.79 Å². The van der Waals surface area contributed by atoms with Gasteiger partial charge in [0.1, 0.15) is 5.01 Å². The molecule has 0 unspecified atom stereocenters. The van der Waals surface area contributed by atoms with Crippen molar-refractivity contribution in [3.63, 3.8) is 0 Å². The van der Waals surface area contributed by atoms with E-state index in [0.29, 0.717) is 25.3 Å². The molecule has 0 aromatic carbocycles. The van der Waals surface area contributed by atoms with E-state index in [9.17, 15) is 4.79 Å². The van der Waals surface area contributed by atoms with Crippen molar-refractivity contribution in [1.82, 2.24) is 25.1 Å². The molecule has 3 rings (SSSR count). The molecule has 2 aromatic rings. The van der Waals surface area contributed by atoms with Gasteiger partial charge in [0.2, 0.25) is 10.9 Å². The first-order valence-electron chi connectivity index (χ1n) is 6.36. The van der Waals surface area contributed by atoms with Crippen molar-refractivity contribution >= 4 is 22.2 Å². The van der Waals surface area contributed by atoms with Crippen LogP contribution in [0, 0.1) is 0 Å².